The maximum absolute atomic E-state index is 12.2. The molecule has 1 aromatic rings. The molecule has 1 aromatic carbocycles. The highest BCUT2D eigenvalue weighted by Gasteiger charge is 2.32. The minimum absolute atomic E-state index is 0.130. The summed E-state index contributed by atoms with van der Waals surface area (Å²) in [6.07, 6.45) is 0. The van der Waals surface area contributed by atoms with Gasteiger partial charge in [-0.25, -0.2) is 0 Å². The summed E-state index contributed by atoms with van der Waals surface area (Å²) < 4.78 is 0.998. The molecule has 1 aliphatic heterocycles. The summed E-state index contributed by atoms with van der Waals surface area (Å²) in [4.78, 5) is 13.9. The minimum Gasteiger partial charge on any atom is -0.372 e. The Bertz CT molecular complexity index is 471. The Morgan fingerprint density at radius 3 is 2.65 bits per heavy atom. The lowest BCUT2D eigenvalue weighted by Gasteiger charge is -2.36. The largest absolute Gasteiger partial charge is 0.372 e. The van der Waals surface area contributed by atoms with Gasteiger partial charge in [0.2, 0.25) is 5.91 Å². The Hall–Kier alpha value is -1.03. The second kappa shape index (κ2) is 4.33. The first-order valence-corrected chi connectivity index (χ1v) is 6.55. The van der Waals surface area contributed by atoms with Gasteiger partial charge in [-0.3, -0.25) is 4.79 Å². The van der Waals surface area contributed by atoms with Gasteiger partial charge in [0.05, 0.1) is 11.4 Å². The molecule has 1 atom stereocenters. The van der Waals surface area contributed by atoms with E-state index in [9.17, 15) is 4.79 Å². The van der Waals surface area contributed by atoms with Gasteiger partial charge in [0.1, 0.15) is 6.04 Å². The van der Waals surface area contributed by atoms with Crippen LogP contribution in [0.1, 0.15) is 19.4 Å². The van der Waals surface area contributed by atoms with Crippen LogP contribution in [-0.4, -0.2) is 19.0 Å². The lowest BCUT2D eigenvalue weighted by atomic mass is 9.98. The van der Waals surface area contributed by atoms with Gasteiger partial charge in [-0.2, -0.15) is 0 Å². The normalized spacial score (nSPS) is 19.3. The van der Waals surface area contributed by atoms with E-state index in [1.807, 2.05) is 13.1 Å². The van der Waals surface area contributed by atoms with Crippen molar-refractivity contribution in [3.63, 3.8) is 0 Å². The van der Waals surface area contributed by atoms with Gasteiger partial charge in [-0.05, 0) is 30.5 Å². The number of halogens is 1. The van der Waals surface area contributed by atoms with Crippen molar-refractivity contribution in [2.75, 3.05) is 17.3 Å². The van der Waals surface area contributed by atoms with Crippen molar-refractivity contribution in [2.24, 2.45) is 5.92 Å². The van der Waals surface area contributed by atoms with E-state index < -0.39 is 0 Å². The number of likely N-dealkylation sites (N-methyl/N-ethyl adjacent to an activating group) is 1. The molecule has 0 radical (unpaired) electrons. The molecule has 1 unspecified atom stereocenters. The molecule has 0 spiro atoms. The van der Waals surface area contributed by atoms with Crippen LogP contribution in [0.2, 0.25) is 0 Å². The molecule has 0 fully saturated rings. The fourth-order valence-corrected chi connectivity index (χ4v) is 2.73. The molecule has 1 N–H and O–H groups in total. The maximum Gasteiger partial charge on any atom is 0.249 e. The number of rotatable bonds is 1. The van der Waals surface area contributed by atoms with Crippen molar-refractivity contribution in [3.05, 3.63) is 22.2 Å². The van der Waals surface area contributed by atoms with Gasteiger partial charge in [0.15, 0.2) is 0 Å². The van der Waals surface area contributed by atoms with E-state index in [1.165, 1.54) is 0 Å². The van der Waals surface area contributed by atoms with Crippen LogP contribution in [-0.2, 0) is 4.79 Å². The van der Waals surface area contributed by atoms with Crippen molar-refractivity contribution < 1.29 is 4.79 Å². The fraction of sp³-hybridized carbons (Fsp3) is 0.462. The summed E-state index contributed by atoms with van der Waals surface area (Å²) in [6, 6.07) is 3.91. The van der Waals surface area contributed by atoms with Crippen molar-refractivity contribution in [3.8, 4) is 0 Å². The predicted molar refractivity (Wildman–Crippen MR) is 74.5 cm³/mol. The number of carbonyl (C=O) groups is 1. The Balaban J connectivity index is 2.53. The first-order chi connectivity index (χ1) is 7.91. The third-order valence-electron chi connectivity index (χ3n) is 3.20. The zero-order valence-electron chi connectivity index (χ0n) is 10.5. The summed E-state index contributed by atoms with van der Waals surface area (Å²) in [5, 5.41) is 3.36. The molecule has 1 heterocycles. The topological polar surface area (TPSA) is 32.3 Å². The zero-order valence-corrected chi connectivity index (χ0v) is 12.1. The molecule has 17 heavy (non-hydrogen) atoms. The number of benzene rings is 1. The molecular weight excluding hydrogens is 280 g/mol. The van der Waals surface area contributed by atoms with Crippen LogP contribution in [0.15, 0.2) is 16.6 Å². The molecule has 0 aromatic heterocycles. The van der Waals surface area contributed by atoms with Crippen molar-refractivity contribution in [1.82, 2.24) is 0 Å². The highest BCUT2D eigenvalue weighted by molar-refractivity contribution is 9.10. The van der Waals surface area contributed by atoms with Crippen LogP contribution in [0.25, 0.3) is 0 Å². The first kappa shape index (κ1) is 12.4. The molecule has 0 saturated heterocycles. The Morgan fingerprint density at radius 1 is 1.41 bits per heavy atom. The molecule has 2 rings (SSSR count). The van der Waals surface area contributed by atoms with E-state index in [-0.39, 0.29) is 17.9 Å². The summed E-state index contributed by atoms with van der Waals surface area (Å²) in [6.45, 7) is 6.17. The van der Waals surface area contributed by atoms with Crippen molar-refractivity contribution in [2.45, 2.75) is 26.8 Å². The number of amides is 1. The van der Waals surface area contributed by atoms with Crippen LogP contribution in [0.4, 0.5) is 11.4 Å². The van der Waals surface area contributed by atoms with E-state index >= 15 is 0 Å². The molecule has 4 heteroatoms. The highest BCUT2D eigenvalue weighted by atomic mass is 79.9. The van der Waals surface area contributed by atoms with Crippen LogP contribution < -0.4 is 10.2 Å². The zero-order chi connectivity index (χ0) is 12.7. The summed E-state index contributed by atoms with van der Waals surface area (Å²) in [5.74, 6) is 0.408. The van der Waals surface area contributed by atoms with Gasteiger partial charge in [0.25, 0.3) is 0 Å². The van der Waals surface area contributed by atoms with E-state index in [0.29, 0.717) is 0 Å². The van der Waals surface area contributed by atoms with Crippen LogP contribution in [0.3, 0.4) is 0 Å². The molecule has 0 saturated carbocycles. The summed E-state index contributed by atoms with van der Waals surface area (Å²) >= 11 is 3.47. The van der Waals surface area contributed by atoms with E-state index in [4.69, 9.17) is 0 Å². The van der Waals surface area contributed by atoms with Crippen molar-refractivity contribution >= 4 is 33.2 Å². The standard InChI is InChI=1S/C13H17BrN2O/c1-7(2)11-13(17)16(4)10-6-9(14)5-8(3)12(10)15-11/h5-7,11,15H,1-4H3. The molecule has 92 valence electrons. The number of aryl methyl sites for hydroxylation is 1. The second-order valence-electron chi connectivity index (χ2n) is 4.88. The monoisotopic (exact) mass is 296 g/mol. The van der Waals surface area contributed by atoms with Crippen LogP contribution in [0, 0.1) is 12.8 Å². The van der Waals surface area contributed by atoms with Gasteiger partial charge in [-0.15, -0.1) is 0 Å². The number of hydrogen-bond donors (Lipinski definition) is 1. The summed E-state index contributed by atoms with van der Waals surface area (Å²) in [7, 11) is 1.84. The SMILES string of the molecule is Cc1cc(Br)cc2c1NC(C(C)C)C(=O)N2C. The smallest absolute Gasteiger partial charge is 0.249 e. The van der Waals surface area contributed by atoms with E-state index in [0.717, 1.165) is 21.4 Å². The molecule has 1 amide bonds. The average molecular weight is 297 g/mol. The van der Waals surface area contributed by atoms with Gasteiger partial charge < -0.3 is 10.2 Å². The van der Waals surface area contributed by atoms with Gasteiger partial charge in [0, 0.05) is 11.5 Å². The van der Waals surface area contributed by atoms with Gasteiger partial charge >= 0.3 is 0 Å². The average Bonchev–Trinajstić information content (AvgIpc) is 2.23. The Morgan fingerprint density at radius 2 is 2.06 bits per heavy atom. The van der Waals surface area contributed by atoms with Crippen molar-refractivity contribution in [1.29, 1.82) is 0 Å². The predicted octanol–water partition coefficient (Wildman–Crippen LogP) is 3.17. The Labute approximate surface area is 110 Å². The molecule has 3 nitrogen and oxygen atoms in total. The fourth-order valence-electron chi connectivity index (χ4n) is 2.17. The minimum atomic E-state index is -0.132. The summed E-state index contributed by atoms with van der Waals surface area (Å²) in [5.41, 5.74) is 3.16. The molecule has 1 aliphatic rings. The van der Waals surface area contributed by atoms with Crippen LogP contribution >= 0.6 is 15.9 Å². The quantitative estimate of drug-likeness (QED) is 0.863. The molecular formula is C13H17BrN2O. The van der Waals surface area contributed by atoms with E-state index in [2.05, 4.69) is 48.1 Å². The molecule has 0 bridgehead atoms. The highest BCUT2D eigenvalue weighted by Crippen LogP contribution is 2.37. The maximum atomic E-state index is 12.2. The number of hydrogen-bond acceptors (Lipinski definition) is 2. The number of nitrogens with zero attached hydrogens (tertiary/aromatic N) is 1. The lowest BCUT2D eigenvalue weighted by Crippen LogP contribution is -2.48. The number of carbonyl (C=O) groups excluding carboxylic acids is 1. The number of fused-ring (bicyclic) bond motifs is 1. The van der Waals surface area contributed by atoms with Gasteiger partial charge in [-0.1, -0.05) is 29.8 Å². The third kappa shape index (κ3) is 2.06. The number of nitrogens with one attached hydrogen (secondary N) is 1. The molecule has 0 aliphatic carbocycles. The number of anilines is 2. The van der Waals surface area contributed by atoms with Crippen LogP contribution in [0.5, 0.6) is 0 Å². The first-order valence-electron chi connectivity index (χ1n) is 5.76. The second-order valence-corrected chi connectivity index (χ2v) is 5.80. The third-order valence-corrected chi connectivity index (χ3v) is 3.66. The lowest BCUT2D eigenvalue weighted by molar-refractivity contribution is -0.120. The Kier molecular flexibility index (Phi) is 3.17. The van der Waals surface area contributed by atoms with E-state index in [1.54, 1.807) is 4.90 Å².